The van der Waals surface area contributed by atoms with Crippen LogP contribution in [0.2, 0.25) is 0 Å². The van der Waals surface area contributed by atoms with Gasteiger partial charge in [-0.05, 0) is 37.1 Å². The number of halogens is 3. The van der Waals surface area contributed by atoms with Crippen molar-refractivity contribution in [3.63, 3.8) is 0 Å². The second kappa shape index (κ2) is 9.23. The van der Waals surface area contributed by atoms with E-state index in [1.54, 1.807) is 0 Å². The van der Waals surface area contributed by atoms with Gasteiger partial charge in [-0.25, -0.2) is 0 Å². The Morgan fingerprint density at radius 2 is 1.76 bits per heavy atom. The predicted molar refractivity (Wildman–Crippen MR) is 85.7 cm³/mol. The highest BCUT2D eigenvalue weighted by Crippen LogP contribution is 2.30. The molecular weight excluding hydrogens is 295 g/mol. The quantitative estimate of drug-likeness (QED) is 0.431. The number of hydrogen-bond acceptors (Lipinski definition) is 2. The third kappa shape index (κ3) is 7.11. The van der Waals surface area contributed by atoms with E-state index in [1.165, 1.54) is 37.8 Å². The minimum atomic E-state index is -4.26. The maximum atomic E-state index is 12.4. The number of alkyl halides is 3. The van der Waals surface area contributed by atoms with E-state index in [-0.39, 0.29) is 0 Å². The highest BCUT2D eigenvalue weighted by molar-refractivity contribution is 7.99. The predicted octanol–water partition coefficient (Wildman–Crippen LogP) is 6.17. The van der Waals surface area contributed by atoms with E-state index in [4.69, 9.17) is 0 Å². The Morgan fingerprint density at radius 3 is 2.29 bits per heavy atom. The third-order valence-corrected chi connectivity index (χ3v) is 4.74. The van der Waals surface area contributed by atoms with Gasteiger partial charge in [-0.2, -0.15) is 13.2 Å². The lowest BCUT2D eigenvalue weighted by atomic mass is 10.1. The average Bonchev–Trinajstić information content (AvgIpc) is 2.45. The molecule has 1 atom stereocenters. The second-order valence-electron chi connectivity index (χ2n) is 5.09. The standard InChI is InChI=1S/C16H24F3NS/c1-3-5-6-7-15(4-2)21-12-20-14-10-8-13(9-11-14)16(17,18)19/h8-11,15,20H,3-7,12H2,1-2H3/t15-/m1/s1. The molecule has 0 aliphatic rings. The van der Waals surface area contributed by atoms with Crippen molar-refractivity contribution in [2.45, 2.75) is 57.4 Å². The zero-order valence-electron chi connectivity index (χ0n) is 12.7. The van der Waals surface area contributed by atoms with Crippen molar-refractivity contribution in [2.24, 2.45) is 0 Å². The lowest BCUT2D eigenvalue weighted by molar-refractivity contribution is -0.137. The van der Waals surface area contributed by atoms with Crippen molar-refractivity contribution >= 4 is 17.4 Å². The van der Waals surface area contributed by atoms with Crippen LogP contribution in [0.1, 0.15) is 51.5 Å². The summed E-state index contributed by atoms with van der Waals surface area (Å²) in [6, 6.07) is 5.21. The van der Waals surface area contributed by atoms with Gasteiger partial charge in [0, 0.05) is 10.9 Å². The molecule has 0 radical (unpaired) electrons. The van der Waals surface area contributed by atoms with Gasteiger partial charge in [-0.1, -0.05) is 33.1 Å². The van der Waals surface area contributed by atoms with E-state index in [0.29, 0.717) is 5.25 Å². The van der Waals surface area contributed by atoms with Gasteiger partial charge in [0.15, 0.2) is 0 Å². The van der Waals surface area contributed by atoms with Crippen molar-refractivity contribution in [1.82, 2.24) is 0 Å². The van der Waals surface area contributed by atoms with Crippen LogP contribution in [0.25, 0.3) is 0 Å². The molecule has 0 saturated carbocycles. The fourth-order valence-corrected chi connectivity index (χ4v) is 3.10. The number of hydrogen-bond donors (Lipinski definition) is 1. The van der Waals surface area contributed by atoms with Gasteiger partial charge in [-0.15, -0.1) is 11.8 Å². The van der Waals surface area contributed by atoms with Crippen LogP contribution >= 0.6 is 11.8 Å². The summed E-state index contributed by atoms with van der Waals surface area (Å²) in [4.78, 5) is 0. The van der Waals surface area contributed by atoms with E-state index >= 15 is 0 Å². The van der Waals surface area contributed by atoms with Crippen LogP contribution in [0.4, 0.5) is 18.9 Å². The molecule has 0 aliphatic carbocycles. The van der Waals surface area contributed by atoms with E-state index in [0.717, 1.165) is 30.1 Å². The fraction of sp³-hybridized carbons (Fsp3) is 0.625. The summed E-state index contributed by atoms with van der Waals surface area (Å²) < 4.78 is 37.3. The Bertz CT molecular complexity index is 390. The lowest BCUT2D eigenvalue weighted by Crippen LogP contribution is -2.08. The maximum Gasteiger partial charge on any atom is 0.416 e. The third-order valence-electron chi connectivity index (χ3n) is 3.39. The molecule has 5 heteroatoms. The summed E-state index contributed by atoms with van der Waals surface area (Å²) in [7, 11) is 0. The molecule has 0 aromatic heterocycles. The normalized spacial score (nSPS) is 13.2. The van der Waals surface area contributed by atoms with E-state index in [1.807, 2.05) is 11.8 Å². The second-order valence-corrected chi connectivity index (χ2v) is 6.38. The average molecular weight is 319 g/mol. The van der Waals surface area contributed by atoms with E-state index in [9.17, 15) is 13.2 Å². The Morgan fingerprint density at radius 1 is 1.10 bits per heavy atom. The molecule has 1 N–H and O–H groups in total. The Hall–Kier alpha value is -0.840. The molecule has 1 aromatic carbocycles. The van der Waals surface area contributed by atoms with E-state index in [2.05, 4.69) is 19.2 Å². The largest absolute Gasteiger partial charge is 0.416 e. The van der Waals surface area contributed by atoms with Crippen LogP contribution in [0.3, 0.4) is 0 Å². The van der Waals surface area contributed by atoms with Gasteiger partial charge < -0.3 is 5.32 Å². The zero-order chi connectivity index (χ0) is 15.7. The molecule has 1 nitrogen and oxygen atoms in total. The molecule has 1 rings (SSSR count). The van der Waals surface area contributed by atoms with Gasteiger partial charge in [-0.3, -0.25) is 0 Å². The van der Waals surface area contributed by atoms with Crippen LogP contribution in [0.15, 0.2) is 24.3 Å². The van der Waals surface area contributed by atoms with Crippen molar-refractivity contribution in [3.05, 3.63) is 29.8 Å². The first-order chi connectivity index (χ1) is 9.97. The number of benzene rings is 1. The van der Waals surface area contributed by atoms with Crippen molar-refractivity contribution in [1.29, 1.82) is 0 Å². The molecule has 120 valence electrons. The molecule has 0 aliphatic heterocycles. The number of thioether (sulfide) groups is 1. The molecule has 0 saturated heterocycles. The molecule has 0 fully saturated rings. The topological polar surface area (TPSA) is 12.0 Å². The minimum Gasteiger partial charge on any atom is -0.376 e. The van der Waals surface area contributed by atoms with Gasteiger partial charge in [0.1, 0.15) is 0 Å². The van der Waals surface area contributed by atoms with E-state index < -0.39 is 11.7 Å². The summed E-state index contributed by atoms with van der Waals surface area (Å²) in [6.07, 6.45) is 1.82. The Kier molecular flexibility index (Phi) is 8.01. The highest BCUT2D eigenvalue weighted by atomic mass is 32.2. The Labute approximate surface area is 129 Å². The van der Waals surface area contributed by atoms with Gasteiger partial charge >= 0.3 is 6.18 Å². The molecule has 0 heterocycles. The van der Waals surface area contributed by atoms with Crippen LogP contribution in [-0.4, -0.2) is 11.1 Å². The van der Waals surface area contributed by atoms with Crippen LogP contribution in [0.5, 0.6) is 0 Å². The Balaban J connectivity index is 2.34. The van der Waals surface area contributed by atoms with Gasteiger partial charge in [0.2, 0.25) is 0 Å². The lowest BCUT2D eigenvalue weighted by Gasteiger charge is -2.15. The first kappa shape index (κ1) is 18.2. The molecule has 0 unspecified atom stereocenters. The van der Waals surface area contributed by atoms with Gasteiger partial charge in [0.25, 0.3) is 0 Å². The smallest absolute Gasteiger partial charge is 0.376 e. The minimum absolute atomic E-state index is 0.605. The van der Waals surface area contributed by atoms with Crippen LogP contribution in [-0.2, 0) is 6.18 Å². The summed E-state index contributed by atoms with van der Waals surface area (Å²) >= 11 is 1.84. The fourth-order valence-electron chi connectivity index (χ4n) is 2.05. The number of anilines is 1. The summed E-state index contributed by atoms with van der Waals surface area (Å²) in [6.45, 7) is 4.38. The van der Waals surface area contributed by atoms with Crippen molar-refractivity contribution in [2.75, 3.05) is 11.2 Å². The first-order valence-corrected chi connectivity index (χ1v) is 8.55. The molecule has 21 heavy (non-hydrogen) atoms. The van der Waals surface area contributed by atoms with Crippen LogP contribution in [0, 0.1) is 0 Å². The monoisotopic (exact) mass is 319 g/mol. The molecule has 0 amide bonds. The molecule has 1 aromatic rings. The summed E-state index contributed by atoms with van der Waals surface area (Å²) in [5.74, 6) is 0.732. The molecule has 0 spiro atoms. The van der Waals surface area contributed by atoms with Gasteiger partial charge in [0.05, 0.1) is 11.4 Å². The number of nitrogens with one attached hydrogen (secondary N) is 1. The molecule has 0 bridgehead atoms. The summed E-state index contributed by atoms with van der Waals surface area (Å²) in [5, 5.41) is 3.80. The highest BCUT2D eigenvalue weighted by Gasteiger charge is 2.29. The first-order valence-electron chi connectivity index (χ1n) is 7.50. The molecular formula is C16H24F3NS. The number of unbranched alkanes of at least 4 members (excludes halogenated alkanes) is 2. The SMILES string of the molecule is CCCCC[C@@H](CC)SCNc1ccc(C(F)(F)F)cc1. The van der Waals surface area contributed by atoms with Crippen molar-refractivity contribution < 1.29 is 13.2 Å². The number of rotatable bonds is 9. The maximum absolute atomic E-state index is 12.4. The van der Waals surface area contributed by atoms with Crippen LogP contribution < -0.4 is 5.32 Å². The van der Waals surface area contributed by atoms with Crippen molar-refractivity contribution in [3.8, 4) is 0 Å². The summed E-state index contributed by atoms with van der Waals surface area (Å²) in [5.41, 5.74) is 0.130. The zero-order valence-corrected chi connectivity index (χ0v) is 13.5.